The van der Waals surface area contributed by atoms with Crippen LogP contribution in [0.2, 0.25) is 0 Å². The molecule has 1 atom stereocenters. The summed E-state index contributed by atoms with van der Waals surface area (Å²) in [7, 11) is 1.63. The Bertz CT molecular complexity index is 402. The summed E-state index contributed by atoms with van der Waals surface area (Å²) < 4.78 is 10.2. The lowest BCUT2D eigenvalue weighted by Crippen LogP contribution is -2.48. The molecule has 1 aromatic carbocycles. The Morgan fingerprint density at radius 1 is 1.32 bits per heavy atom. The van der Waals surface area contributed by atoms with E-state index >= 15 is 0 Å². The number of carbonyl (C=O) groups is 1. The van der Waals surface area contributed by atoms with Gasteiger partial charge in [-0.25, -0.2) is 4.79 Å². The molecule has 19 heavy (non-hydrogen) atoms. The minimum Gasteiger partial charge on any atom is -0.464 e. The normalized spacial score (nSPS) is 13.9. The first kappa shape index (κ1) is 15.7. The lowest BCUT2D eigenvalue weighted by atomic mass is 9.91. The minimum absolute atomic E-state index is 0.269. The van der Waals surface area contributed by atoms with Gasteiger partial charge in [0.25, 0.3) is 0 Å². The number of nitrogens with one attached hydrogen (secondary N) is 1. The molecule has 106 valence electrons. The van der Waals surface area contributed by atoms with Crippen molar-refractivity contribution in [3.8, 4) is 0 Å². The SMILES string of the molecule is CCOC(=O)C(C)(NCCOC)c1ccc(C)cc1. The van der Waals surface area contributed by atoms with Gasteiger partial charge in [-0.15, -0.1) is 0 Å². The van der Waals surface area contributed by atoms with Crippen molar-refractivity contribution in [2.24, 2.45) is 0 Å². The fraction of sp³-hybridized carbons (Fsp3) is 0.533. The van der Waals surface area contributed by atoms with Gasteiger partial charge >= 0.3 is 5.97 Å². The summed E-state index contributed by atoms with van der Waals surface area (Å²) in [6.07, 6.45) is 0. The number of rotatable bonds is 7. The van der Waals surface area contributed by atoms with Gasteiger partial charge in [-0.2, -0.15) is 0 Å². The molecule has 0 radical (unpaired) electrons. The van der Waals surface area contributed by atoms with Crippen LogP contribution in [0, 0.1) is 6.92 Å². The molecule has 0 amide bonds. The summed E-state index contributed by atoms with van der Waals surface area (Å²) in [6, 6.07) is 7.88. The quantitative estimate of drug-likeness (QED) is 0.605. The van der Waals surface area contributed by atoms with Crippen LogP contribution in [0.5, 0.6) is 0 Å². The number of hydrogen-bond donors (Lipinski definition) is 1. The van der Waals surface area contributed by atoms with Crippen molar-refractivity contribution in [2.75, 3.05) is 26.9 Å². The molecule has 0 aliphatic carbocycles. The maximum atomic E-state index is 12.2. The van der Waals surface area contributed by atoms with E-state index in [-0.39, 0.29) is 5.97 Å². The lowest BCUT2D eigenvalue weighted by Gasteiger charge is -2.29. The molecule has 0 aromatic heterocycles. The van der Waals surface area contributed by atoms with Gasteiger partial charge in [0.2, 0.25) is 0 Å². The Kier molecular flexibility index (Phi) is 5.99. The van der Waals surface area contributed by atoms with Gasteiger partial charge in [0.1, 0.15) is 5.54 Å². The monoisotopic (exact) mass is 265 g/mol. The summed E-state index contributed by atoms with van der Waals surface area (Å²) in [5.41, 5.74) is 1.21. The van der Waals surface area contributed by atoms with Crippen molar-refractivity contribution in [3.05, 3.63) is 35.4 Å². The predicted octanol–water partition coefficient (Wildman–Crippen LogP) is 2.01. The van der Waals surface area contributed by atoms with E-state index in [9.17, 15) is 4.79 Å². The van der Waals surface area contributed by atoms with Crippen molar-refractivity contribution in [2.45, 2.75) is 26.3 Å². The molecule has 0 saturated carbocycles. The Labute approximate surface area is 115 Å². The molecular formula is C15H23NO3. The average Bonchev–Trinajstić information content (AvgIpc) is 2.39. The number of carbonyl (C=O) groups excluding carboxylic acids is 1. The van der Waals surface area contributed by atoms with E-state index in [1.54, 1.807) is 7.11 Å². The van der Waals surface area contributed by atoms with Crippen LogP contribution in [0.1, 0.15) is 25.0 Å². The molecule has 4 nitrogen and oxygen atoms in total. The molecule has 4 heteroatoms. The van der Waals surface area contributed by atoms with Crippen LogP contribution in [-0.4, -0.2) is 32.8 Å². The third kappa shape index (κ3) is 4.04. The van der Waals surface area contributed by atoms with E-state index in [2.05, 4.69) is 5.32 Å². The van der Waals surface area contributed by atoms with E-state index in [0.717, 1.165) is 11.1 Å². The van der Waals surface area contributed by atoms with Crippen LogP contribution in [-0.2, 0) is 19.8 Å². The highest BCUT2D eigenvalue weighted by atomic mass is 16.5. The second-order valence-electron chi connectivity index (χ2n) is 4.63. The van der Waals surface area contributed by atoms with Gasteiger partial charge < -0.3 is 9.47 Å². The summed E-state index contributed by atoms with van der Waals surface area (Å²) in [5, 5.41) is 3.22. The molecule has 0 saturated heterocycles. The predicted molar refractivity (Wildman–Crippen MR) is 75.0 cm³/mol. The average molecular weight is 265 g/mol. The van der Waals surface area contributed by atoms with E-state index in [1.165, 1.54) is 0 Å². The van der Waals surface area contributed by atoms with Gasteiger partial charge in [-0.05, 0) is 26.3 Å². The highest BCUT2D eigenvalue weighted by molar-refractivity contribution is 5.82. The molecule has 0 fully saturated rings. The molecule has 0 aliphatic heterocycles. The highest BCUT2D eigenvalue weighted by Gasteiger charge is 2.36. The Morgan fingerprint density at radius 2 is 1.95 bits per heavy atom. The second kappa shape index (κ2) is 7.26. The number of esters is 1. The molecule has 0 aliphatic rings. The number of aryl methyl sites for hydroxylation is 1. The minimum atomic E-state index is -0.845. The molecule has 0 heterocycles. The maximum Gasteiger partial charge on any atom is 0.330 e. The zero-order valence-corrected chi connectivity index (χ0v) is 12.2. The van der Waals surface area contributed by atoms with Crippen LogP contribution < -0.4 is 5.32 Å². The van der Waals surface area contributed by atoms with E-state index in [4.69, 9.17) is 9.47 Å². The molecule has 1 rings (SSSR count). The molecular weight excluding hydrogens is 242 g/mol. The van der Waals surface area contributed by atoms with E-state index < -0.39 is 5.54 Å². The molecule has 1 aromatic rings. The first-order valence-corrected chi connectivity index (χ1v) is 6.53. The fourth-order valence-corrected chi connectivity index (χ4v) is 1.86. The van der Waals surface area contributed by atoms with Crippen LogP contribution in [0.4, 0.5) is 0 Å². The van der Waals surface area contributed by atoms with Crippen molar-refractivity contribution in [3.63, 3.8) is 0 Å². The largest absolute Gasteiger partial charge is 0.464 e. The second-order valence-corrected chi connectivity index (χ2v) is 4.63. The van der Waals surface area contributed by atoms with Gasteiger partial charge in [0.05, 0.1) is 13.2 Å². The van der Waals surface area contributed by atoms with Crippen LogP contribution in [0.15, 0.2) is 24.3 Å². The van der Waals surface area contributed by atoms with Gasteiger partial charge in [0.15, 0.2) is 0 Å². The Balaban J connectivity index is 2.96. The smallest absolute Gasteiger partial charge is 0.330 e. The molecule has 1 unspecified atom stereocenters. The summed E-state index contributed by atoms with van der Waals surface area (Å²) in [5.74, 6) is -0.269. The molecule has 0 bridgehead atoms. The van der Waals surface area contributed by atoms with Crippen LogP contribution in [0.25, 0.3) is 0 Å². The topological polar surface area (TPSA) is 47.6 Å². The molecule has 0 spiro atoms. The van der Waals surface area contributed by atoms with Gasteiger partial charge in [0, 0.05) is 13.7 Å². The molecule has 1 N–H and O–H groups in total. The summed E-state index contributed by atoms with van der Waals surface area (Å²) >= 11 is 0. The summed E-state index contributed by atoms with van der Waals surface area (Å²) in [4.78, 5) is 12.2. The Hall–Kier alpha value is -1.39. The fourth-order valence-electron chi connectivity index (χ4n) is 1.86. The third-order valence-electron chi connectivity index (χ3n) is 3.10. The number of methoxy groups -OCH3 is 1. The van der Waals surface area contributed by atoms with Crippen molar-refractivity contribution < 1.29 is 14.3 Å². The van der Waals surface area contributed by atoms with Crippen molar-refractivity contribution in [1.29, 1.82) is 0 Å². The first-order valence-electron chi connectivity index (χ1n) is 6.53. The number of hydrogen-bond acceptors (Lipinski definition) is 4. The van der Waals surface area contributed by atoms with Crippen molar-refractivity contribution >= 4 is 5.97 Å². The van der Waals surface area contributed by atoms with Crippen LogP contribution in [0.3, 0.4) is 0 Å². The number of ether oxygens (including phenoxy) is 2. The van der Waals surface area contributed by atoms with E-state index in [0.29, 0.717) is 19.8 Å². The summed E-state index contributed by atoms with van der Waals surface area (Å²) in [6.45, 7) is 7.16. The maximum absolute atomic E-state index is 12.2. The standard InChI is InChI=1S/C15H23NO3/c1-5-19-14(17)15(3,16-10-11-18-4)13-8-6-12(2)7-9-13/h6-9,16H,5,10-11H2,1-4H3. The zero-order chi connectivity index (χ0) is 14.3. The Morgan fingerprint density at radius 3 is 2.47 bits per heavy atom. The van der Waals surface area contributed by atoms with E-state index in [1.807, 2.05) is 45.0 Å². The lowest BCUT2D eigenvalue weighted by molar-refractivity contribution is -0.151. The number of benzene rings is 1. The van der Waals surface area contributed by atoms with Crippen LogP contribution >= 0.6 is 0 Å². The highest BCUT2D eigenvalue weighted by Crippen LogP contribution is 2.23. The van der Waals surface area contributed by atoms with Crippen molar-refractivity contribution in [1.82, 2.24) is 5.32 Å². The van der Waals surface area contributed by atoms with Gasteiger partial charge in [-0.3, -0.25) is 5.32 Å². The third-order valence-corrected chi connectivity index (χ3v) is 3.10. The van der Waals surface area contributed by atoms with Gasteiger partial charge in [-0.1, -0.05) is 29.8 Å². The zero-order valence-electron chi connectivity index (χ0n) is 12.2. The first-order chi connectivity index (χ1) is 9.04.